The van der Waals surface area contributed by atoms with Crippen molar-refractivity contribution in [1.82, 2.24) is 14.3 Å². The second-order valence-corrected chi connectivity index (χ2v) is 5.50. The van der Waals surface area contributed by atoms with Crippen LogP contribution in [0.15, 0.2) is 59.7 Å². The number of nitrogens with one attached hydrogen (secondary N) is 1. The molecule has 0 spiro atoms. The molecule has 3 aromatic rings. The van der Waals surface area contributed by atoms with E-state index in [0.29, 0.717) is 22.9 Å². The highest BCUT2D eigenvalue weighted by atomic mass is 35.5. The van der Waals surface area contributed by atoms with Crippen molar-refractivity contribution >= 4 is 23.2 Å². The summed E-state index contributed by atoms with van der Waals surface area (Å²) in [4.78, 5) is 23.9. The van der Waals surface area contributed by atoms with Crippen LogP contribution in [0, 0.1) is 0 Å². The van der Waals surface area contributed by atoms with Crippen LogP contribution in [0.1, 0.15) is 17.4 Å². The monoisotopic (exact) mass is 342 g/mol. The first-order valence-corrected chi connectivity index (χ1v) is 7.78. The van der Waals surface area contributed by atoms with Gasteiger partial charge in [0.05, 0.1) is 16.4 Å². The van der Waals surface area contributed by atoms with Gasteiger partial charge in [0.2, 0.25) is 0 Å². The van der Waals surface area contributed by atoms with Crippen LogP contribution in [0.5, 0.6) is 0 Å². The van der Waals surface area contributed by atoms with Crippen molar-refractivity contribution in [2.24, 2.45) is 0 Å². The van der Waals surface area contributed by atoms with E-state index in [4.69, 9.17) is 11.6 Å². The highest BCUT2D eigenvalue weighted by Gasteiger charge is 2.12. The lowest BCUT2D eigenvalue weighted by molar-refractivity contribution is 0.102. The van der Waals surface area contributed by atoms with Gasteiger partial charge in [-0.2, -0.15) is 5.10 Å². The third-order valence-electron chi connectivity index (χ3n) is 3.50. The number of hydrogen-bond donors (Lipinski definition) is 1. The van der Waals surface area contributed by atoms with Crippen LogP contribution in [0.25, 0.3) is 5.69 Å². The highest BCUT2D eigenvalue weighted by Crippen LogP contribution is 2.19. The smallest absolute Gasteiger partial charge is 0.276 e. The molecule has 122 valence electrons. The van der Waals surface area contributed by atoms with Crippen LogP contribution in [0.2, 0.25) is 5.02 Å². The quantitative estimate of drug-likeness (QED) is 0.792. The molecule has 0 fully saturated rings. The van der Waals surface area contributed by atoms with Gasteiger partial charge in [0.1, 0.15) is 0 Å². The van der Waals surface area contributed by atoms with Crippen molar-refractivity contribution in [3.63, 3.8) is 0 Å². The molecule has 3 rings (SSSR count). The van der Waals surface area contributed by atoms with Gasteiger partial charge >= 0.3 is 0 Å². The van der Waals surface area contributed by atoms with E-state index in [-0.39, 0.29) is 17.2 Å². The first-order chi connectivity index (χ1) is 11.6. The number of aryl methyl sites for hydroxylation is 1. The van der Waals surface area contributed by atoms with Gasteiger partial charge in [-0.25, -0.2) is 4.68 Å². The first kappa shape index (κ1) is 16.0. The second kappa shape index (κ2) is 6.72. The van der Waals surface area contributed by atoms with Crippen molar-refractivity contribution in [2.45, 2.75) is 13.5 Å². The highest BCUT2D eigenvalue weighted by molar-refractivity contribution is 6.32. The van der Waals surface area contributed by atoms with Gasteiger partial charge in [-0.15, -0.1) is 0 Å². The van der Waals surface area contributed by atoms with E-state index in [1.165, 1.54) is 10.6 Å². The lowest BCUT2D eigenvalue weighted by Crippen LogP contribution is -2.20. The van der Waals surface area contributed by atoms with Crippen LogP contribution < -0.4 is 10.9 Å². The topological polar surface area (TPSA) is 68.9 Å². The maximum atomic E-state index is 12.3. The van der Waals surface area contributed by atoms with Crippen molar-refractivity contribution in [1.29, 1.82) is 0 Å². The summed E-state index contributed by atoms with van der Waals surface area (Å²) < 4.78 is 3.06. The molecule has 0 saturated carbocycles. The molecule has 1 aromatic carbocycles. The van der Waals surface area contributed by atoms with Crippen molar-refractivity contribution in [3.8, 4) is 5.69 Å². The number of para-hydroxylation sites is 1. The lowest BCUT2D eigenvalue weighted by Gasteiger charge is -2.07. The predicted molar refractivity (Wildman–Crippen MR) is 92.9 cm³/mol. The minimum Gasteiger partial charge on any atom is -0.319 e. The van der Waals surface area contributed by atoms with Gasteiger partial charge in [-0.1, -0.05) is 23.7 Å². The van der Waals surface area contributed by atoms with Crippen LogP contribution in [0.3, 0.4) is 0 Å². The Balaban J connectivity index is 1.82. The van der Waals surface area contributed by atoms with Gasteiger partial charge < -0.3 is 9.88 Å². The van der Waals surface area contributed by atoms with E-state index < -0.39 is 0 Å². The Bertz CT molecular complexity index is 946. The molecular formula is C17H15ClN4O2. The molecule has 2 aromatic heterocycles. The molecule has 0 aliphatic heterocycles. The molecule has 0 bridgehead atoms. The maximum Gasteiger partial charge on any atom is 0.276 e. The fraction of sp³-hybridized carbons (Fsp3) is 0.118. The summed E-state index contributed by atoms with van der Waals surface area (Å²) in [5.41, 5.74) is 1.37. The van der Waals surface area contributed by atoms with Crippen molar-refractivity contribution in [3.05, 3.63) is 75.9 Å². The third-order valence-corrected chi connectivity index (χ3v) is 3.82. The largest absolute Gasteiger partial charge is 0.319 e. The number of aromatic nitrogens is 3. The number of nitrogens with zero attached hydrogens (tertiary/aromatic N) is 3. The number of pyridine rings is 1. The van der Waals surface area contributed by atoms with E-state index in [9.17, 15) is 9.59 Å². The van der Waals surface area contributed by atoms with Crippen LogP contribution >= 0.6 is 11.6 Å². The number of carbonyl (C=O) groups excluding carboxylic acids is 1. The van der Waals surface area contributed by atoms with Gasteiger partial charge in [-0.3, -0.25) is 9.59 Å². The summed E-state index contributed by atoms with van der Waals surface area (Å²) in [6.07, 6.45) is 3.27. The fourth-order valence-electron chi connectivity index (χ4n) is 2.26. The molecule has 6 nitrogen and oxygen atoms in total. The molecule has 7 heteroatoms. The number of halogens is 1. The molecule has 0 atom stereocenters. The Kier molecular flexibility index (Phi) is 4.48. The average Bonchev–Trinajstić information content (AvgIpc) is 3.07. The molecule has 2 heterocycles. The Hall–Kier alpha value is -2.86. The molecule has 24 heavy (non-hydrogen) atoms. The molecule has 0 saturated heterocycles. The Morgan fingerprint density at radius 1 is 1.21 bits per heavy atom. The number of amides is 1. The summed E-state index contributed by atoms with van der Waals surface area (Å²) >= 11 is 6.13. The summed E-state index contributed by atoms with van der Waals surface area (Å²) in [7, 11) is 0. The summed E-state index contributed by atoms with van der Waals surface area (Å²) in [6, 6.07) is 11.8. The normalized spacial score (nSPS) is 10.6. The molecule has 1 N–H and O–H groups in total. The molecule has 0 unspecified atom stereocenters. The van der Waals surface area contributed by atoms with Crippen LogP contribution in [-0.2, 0) is 6.54 Å². The second-order valence-electron chi connectivity index (χ2n) is 5.09. The average molecular weight is 343 g/mol. The first-order valence-electron chi connectivity index (χ1n) is 7.41. The van der Waals surface area contributed by atoms with E-state index in [1.54, 1.807) is 35.3 Å². The molecule has 0 radical (unpaired) electrons. The van der Waals surface area contributed by atoms with Crippen LogP contribution in [-0.4, -0.2) is 20.3 Å². The van der Waals surface area contributed by atoms with Crippen LogP contribution in [0.4, 0.5) is 5.69 Å². The predicted octanol–water partition coefficient (Wildman–Crippen LogP) is 2.96. The molecule has 0 aliphatic rings. The van der Waals surface area contributed by atoms with Gasteiger partial charge in [0.25, 0.3) is 11.5 Å². The lowest BCUT2D eigenvalue weighted by atomic mass is 10.3. The molecule has 1 amide bonds. The minimum absolute atomic E-state index is 0.113. The van der Waals surface area contributed by atoms with Gasteiger partial charge in [0.15, 0.2) is 5.69 Å². The van der Waals surface area contributed by atoms with Gasteiger partial charge in [-0.05, 0) is 31.2 Å². The maximum absolute atomic E-state index is 12.3. The third kappa shape index (κ3) is 3.23. The van der Waals surface area contributed by atoms with E-state index in [0.717, 1.165) is 0 Å². The van der Waals surface area contributed by atoms with E-state index >= 15 is 0 Å². The zero-order valence-electron chi connectivity index (χ0n) is 12.9. The number of benzene rings is 1. The SMILES string of the molecule is CCn1cc(NC(=O)c2ccn(-c3ccccc3Cl)n2)ccc1=O. The molecular weight excluding hydrogens is 328 g/mol. The Labute approximate surface area is 143 Å². The summed E-state index contributed by atoms with van der Waals surface area (Å²) in [5.74, 6) is -0.359. The Morgan fingerprint density at radius 3 is 2.75 bits per heavy atom. The standard InChI is InChI=1S/C17H15ClN4O2/c1-2-21-11-12(7-8-16(21)23)19-17(24)14-9-10-22(20-14)15-6-4-3-5-13(15)18/h3-11H,2H2,1H3,(H,19,24). The summed E-state index contributed by atoms with van der Waals surface area (Å²) in [6.45, 7) is 2.39. The molecule has 0 aliphatic carbocycles. The zero-order chi connectivity index (χ0) is 17.1. The van der Waals surface area contributed by atoms with E-state index in [2.05, 4.69) is 10.4 Å². The number of carbonyl (C=O) groups is 1. The number of rotatable bonds is 4. The number of anilines is 1. The fourth-order valence-corrected chi connectivity index (χ4v) is 2.49. The van der Waals surface area contributed by atoms with E-state index in [1.807, 2.05) is 25.1 Å². The number of hydrogen-bond acceptors (Lipinski definition) is 3. The summed E-state index contributed by atoms with van der Waals surface area (Å²) in [5, 5.41) is 7.53. The van der Waals surface area contributed by atoms with Crippen molar-refractivity contribution < 1.29 is 4.79 Å². The minimum atomic E-state index is -0.359. The van der Waals surface area contributed by atoms with Gasteiger partial charge in [0, 0.05) is 25.0 Å². The zero-order valence-corrected chi connectivity index (χ0v) is 13.7. The van der Waals surface area contributed by atoms with Crippen molar-refractivity contribution in [2.75, 3.05) is 5.32 Å². The Morgan fingerprint density at radius 2 is 2.00 bits per heavy atom.